The highest BCUT2D eigenvalue weighted by Crippen LogP contribution is 2.44. The van der Waals surface area contributed by atoms with Crippen molar-refractivity contribution in [1.82, 2.24) is 0 Å². The molecule has 0 saturated heterocycles. The predicted molar refractivity (Wildman–Crippen MR) is 73.8 cm³/mol. The lowest BCUT2D eigenvalue weighted by molar-refractivity contribution is 0.0941. The van der Waals surface area contributed by atoms with E-state index in [9.17, 15) is 0 Å². The van der Waals surface area contributed by atoms with Gasteiger partial charge in [-0.1, -0.05) is 41.5 Å². The van der Waals surface area contributed by atoms with E-state index in [0.717, 1.165) is 18.7 Å². The molecule has 2 heteroatoms. The average molecular weight is 226 g/mol. The van der Waals surface area contributed by atoms with Crippen LogP contribution in [-0.4, -0.2) is 11.4 Å². The molecule has 0 unspecified atom stereocenters. The SMILES string of the molecule is CCC(N)=NC(C)(C)CC(C)(C)C(C)(C)C. The van der Waals surface area contributed by atoms with E-state index in [-0.39, 0.29) is 16.4 Å². The summed E-state index contributed by atoms with van der Waals surface area (Å²) in [7, 11) is 0. The Hall–Kier alpha value is -0.530. The van der Waals surface area contributed by atoms with Gasteiger partial charge in [-0.2, -0.15) is 0 Å². The number of nitrogens with zero attached hydrogens (tertiary/aromatic N) is 1. The minimum Gasteiger partial charge on any atom is -0.387 e. The van der Waals surface area contributed by atoms with Gasteiger partial charge in [0, 0.05) is 6.42 Å². The number of rotatable bonds is 4. The number of hydrogen-bond donors (Lipinski definition) is 1. The average Bonchev–Trinajstić information content (AvgIpc) is 1.98. The summed E-state index contributed by atoms with van der Waals surface area (Å²) in [6.07, 6.45) is 1.88. The van der Waals surface area contributed by atoms with Crippen LogP contribution in [0, 0.1) is 10.8 Å². The highest BCUT2D eigenvalue weighted by atomic mass is 14.9. The lowest BCUT2D eigenvalue weighted by Gasteiger charge is -2.43. The van der Waals surface area contributed by atoms with Crippen molar-refractivity contribution in [3.05, 3.63) is 0 Å². The molecule has 0 aliphatic rings. The maximum atomic E-state index is 5.84. The molecular weight excluding hydrogens is 196 g/mol. The first-order valence-electron chi connectivity index (χ1n) is 6.25. The van der Waals surface area contributed by atoms with Crippen LogP contribution < -0.4 is 5.73 Å². The molecule has 0 atom stereocenters. The second-order valence-electron chi connectivity index (χ2n) is 7.08. The van der Waals surface area contributed by atoms with Crippen molar-refractivity contribution in [3.8, 4) is 0 Å². The molecule has 0 saturated carbocycles. The maximum absolute atomic E-state index is 5.84. The van der Waals surface area contributed by atoms with Gasteiger partial charge in [0.2, 0.25) is 0 Å². The van der Waals surface area contributed by atoms with Gasteiger partial charge in [-0.3, -0.25) is 4.99 Å². The normalized spacial score (nSPS) is 15.4. The maximum Gasteiger partial charge on any atom is 0.0940 e. The molecule has 0 aliphatic carbocycles. The third kappa shape index (κ3) is 4.54. The third-order valence-corrected chi connectivity index (χ3v) is 3.71. The molecule has 0 spiro atoms. The smallest absolute Gasteiger partial charge is 0.0940 e. The van der Waals surface area contributed by atoms with Crippen molar-refractivity contribution in [2.45, 2.75) is 73.8 Å². The van der Waals surface area contributed by atoms with Crippen LogP contribution in [0.1, 0.15) is 68.2 Å². The van der Waals surface area contributed by atoms with Crippen LogP contribution in [0.15, 0.2) is 4.99 Å². The van der Waals surface area contributed by atoms with E-state index in [0.29, 0.717) is 0 Å². The molecule has 0 heterocycles. The summed E-state index contributed by atoms with van der Waals surface area (Å²) in [6, 6.07) is 0. The van der Waals surface area contributed by atoms with Gasteiger partial charge in [0.1, 0.15) is 0 Å². The Morgan fingerprint density at radius 2 is 1.44 bits per heavy atom. The van der Waals surface area contributed by atoms with Crippen LogP contribution in [0.2, 0.25) is 0 Å². The van der Waals surface area contributed by atoms with Gasteiger partial charge < -0.3 is 5.73 Å². The molecule has 0 aliphatic heterocycles. The van der Waals surface area contributed by atoms with Crippen LogP contribution in [0.25, 0.3) is 0 Å². The van der Waals surface area contributed by atoms with Crippen molar-refractivity contribution in [3.63, 3.8) is 0 Å². The van der Waals surface area contributed by atoms with Crippen LogP contribution >= 0.6 is 0 Å². The summed E-state index contributed by atoms with van der Waals surface area (Å²) in [5.74, 6) is 0.759. The first-order chi connectivity index (χ1) is 6.91. The monoisotopic (exact) mass is 226 g/mol. The van der Waals surface area contributed by atoms with E-state index in [4.69, 9.17) is 5.73 Å². The van der Waals surface area contributed by atoms with Gasteiger partial charge in [-0.25, -0.2) is 0 Å². The van der Waals surface area contributed by atoms with Gasteiger partial charge in [0.25, 0.3) is 0 Å². The molecule has 0 aromatic heterocycles. The van der Waals surface area contributed by atoms with E-state index < -0.39 is 0 Å². The highest BCUT2D eigenvalue weighted by Gasteiger charge is 2.37. The van der Waals surface area contributed by atoms with Gasteiger partial charge in [0.15, 0.2) is 0 Å². The minimum atomic E-state index is -0.0725. The van der Waals surface area contributed by atoms with E-state index in [1.54, 1.807) is 0 Å². The summed E-state index contributed by atoms with van der Waals surface area (Å²) >= 11 is 0. The molecular formula is C14H30N2. The quantitative estimate of drug-likeness (QED) is 0.571. The number of aliphatic imine (C=N–C) groups is 1. The van der Waals surface area contributed by atoms with E-state index >= 15 is 0 Å². The molecule has 0 aromatic rings. The largest absolute Gasteiger partial charge is 0.387 e. The van der Waals surface area contributed by atoms with E-state index in [1.807, 2.05) is 6.92 Å². The van der Waals surface area contributed by atoms with Crippen molar-refractivity contribution in [2.24, 2.45) is 21.6 Å². The van der Waals surface area contributed by atoms with Crippen LogP contribution in [-0.2, 0) is 0 Å². The fraction of sp³-hybridized carbons (Fsp3) is 0.929. The first-order valence-corrected chi connectivity index (χ1v) is 6.25. The van der Waals surface area contributed by atoms with Crippen molar-refractivity contribution in [1.29, 1.82) is 0 Å². The van der Waals surface area contributed by atoms with Gasteiger partial charge in [-0.15, -0.1) is 0 Å². The molecule has 0 radical (unpaired) electrons. The molecule has 0 amide bonds. The fourth-order valence-corrected chi connectivity index (χ4v) is 1.85. The lowest BCUT2D eigenvalue weighted by Crippen LogP contribution is -2.37. The Morgan fingerprint density at radius 3 is 1.75 bits per heavy atom. The van der Waals surface area contributed by atoms with Crippen LogP contribution in [0.4, 0.5) is 0 Å². The molecule has 16 heavy (non-hydrogen) atoms. The number of hydrogen-bond acceptors (Lipinski definition) is 1. The zero-order valence-electron chi connectivity index (χ0n) is 12.4. The second-order valence-corrected chi connectivity index (χ2v) is 7.08. The van der Waals surface area contributed by atoms with E-state index in [1.165, 1.54) is 0 Å². The van der Waals surface area contributed by atoms with Gasteiger partial charge >= 0.3 is 0 Å². The third-order valence-electron chi connectivity index (χ3n) is 3.71. The van der Waals surface area contributed by atoms with Gasteiger partial charge in [-0.05, 0) is 31.1 Å². The Labute approximate surface area is 102 Å². The van der Waals surface area contributed by atoms with Gasteiger partial charge in [0.05, 0.1) is 11.4 Å². The zero-order chi connectivity index (χ0) is 13.2. The first kappa shape index (κ1) is 15.5. The van der Waals surface area contributed by atoms with Crippen molar-refractivity contribution >= 4 is 5.84 Å². The Morgan fingerprint density at radius 1 is 1.00 bits per heavy atom. The topological polar surface area (TPSA) is 38.4 Å². The van der Waals surface area contributed by atoms with E-state index in [2.05, 4.69) is 53.5 Å². The molecule has 96 valence electrons. The zero-order valence-corrected chi connectivity index (χ0v) is 12.4. The summed E-state index contributed by atoms with van der Waals surface area (Å²) in [5, 5.41) is 0. The summed E-state index contributed by atoms with van der Waals surface area (Å²) in [6.45, 7) is 17.9. The number of nitrogens with two attached hydrogens (primary N) is 1. The Balaban J connectivity index is 4.84. The lowest BCUT2D eigenvalue weighted by atomic mass is 9.64. The summed E-state index contributed by atoms with van der Waals surface area (Å²) in [4.78, 5) is 4.62. The number of amidine groups is 1. The highest BCUT2D eigenvalue weighted by molar-refractivity contribution is 5.80. The van der Waals surface area contributed by atoms with Crippen molar-refractivity contribution < 1.29 is 0 Å². The Bertz CT molecular complexity index is 254. The van der Waals surface area contributed by atoms with Crippen LogP contribution in [0.3, 0.4) is 0 Å². The Kier molecular flexibility index (Phi) is 4.61. The minimum absolute atomic E-state index is 0.0725. The van der Waals surface area contributed by atoms with Crippen LogP contribution in [0.5, 0.6) is 0 Å². The fourth-order valence-electron chi connectivity index (χ4n) is 1.85. The molecule has 0 aromatic carbocycles. The molecule has 0 fully saturated rings. The molecule has 0 rings (SSSR count). The second kappa shape index (κ2) is 4.77. The summed E-state index contributed by atoms with van der Waals surface area (Å²) < 4.78 is 0. The predicted octanol–water partition coefficient (Wildman–Crippen LogP) is 3.99. The molecule has 2 nitrogen and oxygen atoms in total. The standard InChI is InChI=1S/C14H30N2/c1-9-11(15)16-14(7,8)10-13(5,6)12(2,3)4/h9-10H2,1-8H3,(H2,15,16). The molecule has 2 N–H and O–H groups in total. The van der Waals surface area contributed by atoms with Crippen molar-refractivity contribution in [2.75, 3.05) is 0 Å². The summed E-state index contributed by atoms with van der Waals surface area (Å²) in [5.41, 5.74) is 6.29. The molecule has 0 bridgehead atoms.